The summed E-state index contributed by atoms with van der Waals surface area (Å²) < 4.78 is 37.2. The molecular weight excluding hydrogens is 249 g/mol. The molecule has 1 heterocycles. The minimum absolute atomic E-state index is 0.0819. The Balaban J connectivity index is 2.94. The Morgan fingerprint density at radius 2 is 2.06 bits per heavy atom. The number of carbonyl (C=O) groups is 1. The van der Waals surface area contributed by atoms with Crippen LogP contribution in [-0.2, 0) is 11.0 Å². The number of carboxylic acids is 1. The van der Waals surface area contributed by atoms with Crippen LogP contribution in [0.15, 0.2) is 18.3 Å². The number of aromatic nitrogens is 1. The van der Waals surface area contributed by atoms with Crippen LogP contribution < -0.4 is 5.32 Å². The number of anilines is 1. The molecule has 100 valence electrons. The zero-order valence-electron chi connectivity index (χ0n) is 9.82. The number of aliphatic carboxylic acids is 1. The van der Waals surface area contributed by atoms with Gasteiger partial charge in [0.25, 0.3) is 0 Å². The normalized spacial score (nSPS) is 13.4. The fourth-order valence-electron chi connectivity index (χ4n) is 1.37. The molecule has 1 aromatic heterocycles. The third-order valence-electron chi connectivity index (χ3n) is 2.31. The van der Waals surface area contributed by atoms with Crippen molar-refractivity contribution in [3.63, 3.8) is 0 Å². The zero-order chi connectivity index (χ0) is 13.9. The van der Waals surface area contributed by atoms with Crippen molar-refractivity contribution in [2.45, 2.75) is 26.1 Å². The molecule has 0 unspecified atom stereocenters. The number of nitrogens with zero attached hydrogens (tertiary/aromatic N) is 1. The first-order valence-corrected chi connectivity index (χ1v) is 5.24. The quantitative estimate of drug-likeness (QED) is 0.875. The molecule has 0 aliphatic carbocycles. The average molecular weight is 262 g/mol. The van der Waals surface area contributed by atoms with Gasteiger partial charge in [-0.15, -0.1) is 0 Å². The van der Waals surface area contributed by atoms with Crippen molar-refractivity contribution < 1.29 is 23.1 Å². The molecule has 2 N–H and O–H groups in total. The van der Waals surface area contributed by atoms with Gasteiger partial charge in [-0.05, 0) is 18.1 Å². The fourth-order valence-corrected chi connectivity index (χ4v) is 1.37. The topological polar surface area (TPSA) is 62.2 Å². The van der Waals surface area contributed by atoms with E-state index in [1.54, 1.807) is 13.8 Å². The lowest BCUT2D eigenvalue weighted by Gasteiger charge is -2.19. The first kappa shape index (κ1) is 14.3. The van der Waals surface area contributed by atoms with E-state index >= 15 is 0 Å². The maximum atomic E-state index is 12.4. The van der Waals surface area contributed by atoms with Crippen molar-refractivity contribution in [1.82, 2.24) is 4.98 Å². The molecule has 0 aromatic carbocycles. The zero-order valence-corrected chi connectivity index (χ0v) is 9.82. The van der Waals surface area contributed by atoms with Crippen LogP contribution in [-0.4, -0.2) is 22.1 Å². The molecule has 0 amide bonds. The van der Waals surface area contributed by atoms with Crippen molar-refractivity contribution in [2.24, 2.45) is 5.92 Å². The third kappa shape index (κ3) is 3.61. The summed E-state index contributed by atoms with van der Waals surface area (Å²) in [4.78, 5) is 14.1. The Kier molecular flexibility index (Phi) is 4.15. The molecule has 0 fully saturated rings. The van der Waals surface area contributed by atoms with Crippen LogP contribution in [0.4, 0.5) is 18.9 Å². The maximum absolute atomic E-state index is 12.4. The van der Waals surface area contributed by atoms with Crippen LogP contribution in [0.2, 0.25) is 0 Å². The molecule has 4 nitrogen and oxygen atoms in total. The lowest BCUT2D eigenvalue weighted by molar-refractivity contribution is -0.141. The van der Waals surface area contributed by atoms with Crippen molar-refractivity contribution >= 4 is 11.7 Å². The summed E-state index contributed by atoms with van der Waals surface area (Å²) in [6.07, 6.45) is -3.56. The number of rotatable bonds is 4. The Labute approximate surface area is 102 Å². The highest BCUT2D eigenvalue weighted by atomic mass is 19.4. The smallest absolute Gasteiger partial charge is 0.433 e. The van der Waals surface area contributed by atoms with Gasteiger partial charge in [-0.25, -0.2) is 4.79 Å². The second-order valence-corrected chi connectivity index (χ2v) is 4.13. The lowest BCUT2D eigenvalue weighted by Crippen LogP contribution is -2.34. The highest BCUT2D eigenvalue weighted by Gasteiger charge is 2.32. The lowest BCUT2D eigenvalue weighted by atomic mass is 10.0. The van der Waals surface area contributed by atoms with Crippen molar-refractivity contribution in [2.75, 3.05) is 5.32 Å². The Bertz CT molecular complexity index is 433. The molecular formula is C11H13F3N2O2. The summed E-state index contributed by atoms with van der Waals surface area (Å²) in [6.45, 7) is 3.33. The van der Waals surface area contributed by atoms with Gasteiger partial charge in [0.1, 0.15) is 11.7 Å². The summed E-state index contributed by atoms with van der Waals surface area (Å²) in [5.41, 5.74) is -0.973. The van der Waals surface area contributed by atoms with Crippen LogP contribution in [0.25, 0.3) is 0 Å². The summed E-state index contributed by atoms with van der Waals surface area (Å²) in [5, 5.41) is 11.5. The first-order valence-electron chi connectivity index (χ1n) is 5.24. The van der Waals surface area contributed by atoms with E-state index in [1.165, 1.54) is 6.07 Å². The third-order valence-corrected chi connectivity index (χ3v) is 2.31. The maximum Gasteiger partial charge on any atom is 0.433 e. The summed E-state index contributed by atoms with van der Waals surface area (Å²) in [7, 11) is 0. The van der Waals surface area contributed by atoms with Crippen LogP contribution in [0, 0.1) is 5.92 Å². The molecule has 0 saturated carbocycles. The van der Waals surface area contributed by atoms with E-state index < -0.39 is 23.9 Å². The molecule has 1 atom stereocenters. The Hall–Kier alpha value is -1.79. The minimum atomic E-state index is -4.55. The van der Waals surface area contributed by atoms with Gasteiger partial charge in [-0.1, -0.05) is 13.8 Å². The molecule has 0 aliphatic heterocycles. The largest absolute Gasteiger partial charge is 0.480 e. The highest BCUT2D eigenvalue weighted by Crippen LogP contribution is 2.29. The Morgan fingerprint density at radius 1 is 1.44 bits per heavy atom. The molecule has 0 radical (unpaired) electrons. The summed E-state index contributed by atoms with van der Waals surface area (Å²) >= 11 is 0. The van der Waals surface area contributed by atoms with E-state index in [0.717, 1.165) is 12.3 Å². The highest BCUT2D eigenvalue weighted by molar-refractivity contribution is 5.77. The van der Waals surface area contributed by atoms with Crippen molar-refractivity contribution in [3.05, 3.63) is 24.0 Å². The van der Waals surface area contributed by atoms with E-state index in [9.17, 15) is 18.0 Å². The van der Waals surface area contributed by atoms with Crippen LogP contribution in [0.5, 0.6) is 0 Å². The molecule has 1 rings (SSSR count). The number of halogens is 3. The first-order chi connectivity index (χ1) is 8.21. The molecule has 18 heavy (non-hydrogen) atoms. The standard InChI is InChI=1S/C11H13F3N2O2/c1-6(2)9(10(17)18)16-7-3-4-15-8(5-7)11(12,13)14/h3-6,9H,1-2H3,(H,15,16)(H,17,18)/t9-/m1/s1. The molecule has 0 spiro atoms. The number of nitrogens with one attached hydrogen (secondary N) is 1. The molecule has 1 aromatic rings. The predicted octanol–water partition coefficient (Wildman–Crippen LogP) is 2.62. The van der Waals surface area contributed by atoms with Gasteiger partial charge in [0.15, 0.2) is 0 Å². The summed E-state index contributed by atoms with van der Waals surface area (Å²) in [6, 6.07) is 1.14. The number of alkyl halides is 3. The van der Waals surface area contributed by atoms with Crippen LogP contribution >= 0.6 is 0 Å². The molecule has 7 heteroatoms. The van der Waals surface area contributed by atoms with Crippen LogP contribution in [0.1, 0.15) is 19.5 Å². The predicted molar refractivity (Wildman–Crippen MR) is 59.1 cm³/mol. The monoisotopic (exact) mass is 262 g/mol. The van der Waals surface area contributed by atoms with E-state index in [-0.39, 0.29) is 11.6 Å². The van der Waals surface area contributed by atoms with E-state index in [4.69, 9.17) is 5.11 Å². The van der Waals surface area contributed by atoms with E-state index in [0.29, 0.717) is 0 Å². The van der Waals surface area contributed by atoms with Gasteiger partial charge in [0, 0.05) is 11.9 Å². The minimum Gasteiger partial charge on any atom is -0.480 e. The molecule has 0 saturated heterocycles. The van der Waals surface area contributed by atoms with Gasteiger partial charge in [-0.2, -0.15) is 13.2 Å². The average Bonchev–Trinajstić information content (AvgIpc) is 2.24. The van der Waals surface area contributed by atoms with Gasteiger partial charge < -0.3 is 10.4 Å². The number of pyridine rings is 1. The SMILES string of the molecule is CC(C)[C@@H](Nc1ccnc(C(F)(F)F)c1)C(=O)O. The van der Waals surface area contributed by atoms with Gasteiger partial charge in [0.05, 0.1) is 0 Å². The number of carboxylic acid groups (broad SMARTS) is 1. The van der Waals surface area contributed by atoms with Gasteiger partial charge >= 0.3 is 12.1 Å². The fraction of sp³-hybridized carbons (Fsp3) is 0.455. The second kappa shape index (κ2) is 5.24. The van der Waals surface area contributed by atoms with Crippen molar-refractivity contribution in [1.29, 1.82) is 0 Å². The van der Waals surface area contributed by atoms with E-state index in [2.05, 4.69) is 10.3 Å². The number of hydrogen-bond acceptors (Lipinski definition) is 3. The van der Waals surface area contributed by atoms with E-state index in [1.807, 2.05) is 0 Å². The molecule has 0 bridgehead atoms. The number of hydrogen-bond donors (Lipinski definition) is 2. The second-order valence-electron chi connectivity index (χ2n) is 4.13. The van der Waals surface area contributed by atoms with Crippen LogP contribution in [0.3, 0.4) is 0 Å². The summed E-state index contributed by atoms with van der Waals surface area (Å²) in [5.74, 6) is -1.37. The van der Waals surface area contributed by atoms with Gasteiger partial charge in [-0.3, -0.25) is 4.98 Å². The molecule has 0 aliphatic rings. The Morgan fingerprint density at radius 3 is 2.50 bits per heavy atom. The van der Waals surface area contributed by atoms with Crippen molar-refractivity contribution in [3.8, 4) is 0 Å². The van der Waals surface area contributed by atoms with Gasteiger partial charge in [0.2, 0.25) is 0 Å².